The van der Waals surface area contributed by atoms with Gasteiger partial charge in [-0.3, -0.25) is 9.59 Å². The molecule has 196 valence electrons. The van der Waals surface area contributed by atoms with Crippen LogP contribution < -0.4 is 10.0 Å². The fourth-order valence-corrected chi connectivity index (χ4v) is 5.53. The van der Waals surface area contributed by atoms with Crippen molar-refractivity contribution in [3.05, 3.63) is 90.2 Å². The normalized spacial score (nSPS) is 12.4. The van der Waals surface area contributed by atoms with Crippen molar-refractivity contribution < 1.29 is 27.5 Å². The summed E-state index contributed by atoms with van der Waals surface area (Å²) in [6.07, 6.45) is 1.72. The first-order valence-corrected chi connectivity index (χ1v) is 13.4. The van der Waals surface area contributed by atoms with Crippen LogP contribution in [-0.2, 0) is 14.8 Å². The minimum atomic E-state index is -4.01. The first-order chi connectivity index (χ1) is 18.0. The molecule has 38 heavy (non-hydrogen) atoms. The highest BCUT2D eigenvalue weighted by Crippen LogP contribution is 2.30. The fourth-order valence-electron chi connectivity index (χ4n) is 4.19. The molecule has 0 unspecified atom stereocenters. The summed E-state index contributed by atoms with van der Waals surface area (Å²) >= 11 is 0. The number of nitrogens with one attached hydrogen (secondary N) is 2. The lowest BCUT2D eigenvalue weighted by Crippen LogP contribution is -2.44. The molecule has 0 aliphatic rings. The van der Waals surface area contributed by atoms with Gasteiger partial charge < -0.3 is 14.8 Å². The summed E-state index contributed by atoms with van der Waals surface area (Å²) in [5.41, 5.74) is 4.37. The first-order valence-electron chi connectivity index (χ1n) is 11.9. The van der Waals surface area contributed by atoms with E-state index in [4.69, 9.17) is 4.42 Å². The zero-order valence-electron chi connectivity index (χ0n) is 21.2. The number of fused-ring (bicyclic) bond motifs is 1. The molecule has 0 radical (unpaired) electrons. The van der Waals surface area contributed by atoms with Crippen LogP contribution >= 0.6 is 0 Å². The third-order valence-corrected chi connectivity index (χ3v) is 7.72. The summed E-state index contributed by atoms with van der Waals surface area (Å²) in [4.78, 5) is 24.3. The van der Waals surface area contributed by atoms with Crippen LogP contribution in [0.3, 0.4) is 0 Å². The first kappa shape index (κ1) is 26.8. The van der Waals surface area contributed by atoms with E-state index in [1.165, 1.54) is 12.1 Å². The van der Waals surface area contributed by atoms with E-state index >= 15 is 0 Å². The Kier molecular flexibility index (Phi) is 7.52. The van der Waals surface area contributed by atoms with E-state index in [1.54, 1.807) is 56.3 Å². The summed E-state index contributed by atoms with van der Waals surface area (Å²) in [5, 5.41) is 13.0. The predicted octanol–water partition coefficient (Wildman–Crippen LogP) is 5.69. The van der Waals surface area contributed by atoms with Gasteiger partial charge in [0, 0.05) is 16.6 Å². The fraction of sp³-hybridized carbons (Fsp3) is 0.172. The van der Waals surface area contributed by atoms with Gasteiger partial charge in [0.25, 0.3) is 5.91 Å². The van der Waals surface area contributed by atoms with Crippen LogP contribution in [0.2, 0.25) is 0 Å². The number of aryl methyl sites for hydroxylation is 1. The molecule has 0 saturated carbocycles. The Labute approximate surface area is 221 Å². The van der Waals surface area contributed by atoms with Gasteiger partial charge in [-0.2, -0.15) is 4.72 Å². The number of aliphatic carboxylic acids is 1. The standard InChI is InChI=1S/C29H28N2O6S/c1-5-19-7-6-8-24-25(19)18(4)27(37-24)28(32)30-22-13-9-20(10-14-22)21-11-15-23(16-12-21)38(35,36)31-26(17(2)3)29(33)34/h5-17,26,31H,1H2,2-4H3,(H,30,32)(H,33,34)/t26-/m0/s1. The Bertz CT molecular complexity index is 1620. The molecule has 0 bridgehead atoms. The molecule has 1 aromatic heterocycles. The van der Waals surface area contributed by atoms with Crippen LogP contribution in [0.5, 0.6) is 0 Å². The molecule has 0 spiro atoms. The van der Waals surface area contributed by atoms with Gasteiger partial charge in [0.05, 0.1) is 4.90 Å². The van der Waals surface area contributed by atoms with Gasteiger partial charge in [-0.05, 0) is 59.9 Å². The van der Waals surface area contributed by atoms with Crippen LogP contribution in [0, 0.1) is 12.8 Å². The van der Waals surface area contributed by atoms with Gasteiger partial charge in [-0.15, -0.1) is 0 Å². The van der Waals surface area contributed by atoms with Crippen molar-refractivity contribution in [3.63, 3.8) is 0 Å². The highest BCUT2D eigenvalue weighted by Gasteiger charge is 2.28. The van der Waals surface area contributed by atoms with E-state index in [2.05, 4.69) is 16.6 Å². The summed E-state index contributed by atoms with van der Waals surface area (Å²) < 4.78 is 33.4. The van der Waals surface area contributed by atoms with E-state index in [1.807, 2.05) is 25.1 Å². The number of amides is 1. The highest BCUT2D eigenvalue weighted by molar-refractivity contribution is 7.89. The summed E-state index contributed by atoms with van der Waals surface area (Å²) in [6, 6.07) is 17.6. The molecule has 0 fully saturated rings. The van der Waals surface area contributed by atoms with E-state index < -0.39 is 28.0 Å². The number of carboxylic acids is 1. The van der Waals surface area contributed by atoms with Crippen LogP contribution in [0.4, 0.5) is 5.69 Å². The van der Waals surface area contributed by atoms with Crippen LogP contribution in [0.1, 0.15) is 35.5 Å². The third-order valence-electron chi connectivity index (χ3n) is 6.27. The molecule has 4 rings (SSSR count). The quantitative estimate of drug-likeness (QED) is 0.254. The van der Waals surface area contributed by atoms with E-state index in [9.17, 15) is 23.1 Å². The number of sulfonamides is 1. The average molecular weight is 533 g/mol. The van der Waals surface area contributed by atoms with Crippen molar-refractivity contribution >= 4 is 44.6 Å². The van der Waals surface area contributed by atoms with Crippen molar-refractivity contribution in [2.45, 2.75) is 31.7 Å². The molecule has 8 nitrogen and oxygen atoms in total. The van der Waals surface area contributed by atoms with Crippen molar-refractivity contribution in [2.24, 2.45) is 5.92 Å². The number of benzene rings is 3. The third kappa shape index (κ3) is 5.39. The van der Waals surface area contributed by atoms with Crippen LogP contribution in [0.15, 0.2) is 82.6 Å². The maximum absolute atomic E-state index is 12.9. The Hall–Kier alpha value is -4.21. The van der Waals surface area contributed by atoms with Gasteiger partial charge in [0.1, 0.15) is 11.6 Å². The number of anilines is 1. The highest BCUT2D eigenvalue weighted by atomic mass is 32.2. The molecule has 0 aliphatic carbocycles. The van der Waals surface area contributed by atoms with E-state index in [0.717, 1.165) is 27.6 Å². The second-order valence-electron chi connectivity index (χ2n) is 9.22. The molecule has 0 saturated heterocycles. The smallest absolute Gasteiger partial charge is 0.322 e. The molecular weight excluding hydrogens is 504 g/mol. The summed E-state index contributed by atoms with van der Waals surface area (Å²) in [5.74, 6) is -1.79. The summed E-state index contributed by atoms with van der Waals surface area (Å²) in [6.45, 7) is 8.92. The largest absolute Gasteiger partial charge is 0.480 e. The zero-order valence-corrected chi connectivity index (χ0v) is 22.0. The van der Waals surface area contributed by atoms with Crippen molar-refractivity contribution in [1.82, 2.24) is 4.72 Å². The lowest BCUT2D eigenvalue weighted by atomic mass is 10.0. The number of hydrogen-bond donors (Lipinski definition) is 3. The Morgan fingerprint density at radius 1 is 0.974 bits per heavy atom. The summed E-state index contributed by atoms with van der Waals surface area (Å²) in [7, 11) is -4.01. The van der Waals surface area contributed by atoms with Gasteiger partial charge in [-0.1, -0.05) is 62.9 Å². The van der Waals surface area contributed by atoms with Gasteiger partial charge >= 0.3 is 5.97 Å². The minimum absolute atomic E-state index is 0.0298. The molecular formula is C29H28N2O6S. The number of carboxylic acid groups (broad SMARTS) is 1. The molecule has 1 amide bonds. The van der Waals surface area contributed by atoms with Crippen molar-refractivity contribution in [1.29, 1.82) is 0 Å². The molecule has 1 heterocycles. The SMILES string of the molecule is C=Cc1cccc2oc(C(=O)Nc3ccc(-c4ccc(S(=O)(=O)N[C@H](C(=O)O)C(C)C)cc4)cc3)c(C)c12. The molecule has 1 atom stereocenters. The minimum Gasteiger partial charge on any atom is -0.480 e. The lowest BCUT2D eigenvalue weighted by molar-refractivity contribution is -0.140. The second kappa shape index (κ2) is 10.6. The van der Waals surface area contributed by atoms with Crippen LogP contribution in [0.25, 0.3) is 28.2 Å². The van der Waals surface area contributed by atoms with Gasteiger partial charge in [0.15, 0.2) is 5.76 Å². The van der Waals surface area contributed by atoms with Gasteiger partial charge in [0.2, 0.25) is 10.0 Å². The monoisotopic (exact) mass is 532 g/mol. The lowest BCUT2D eigenvalue weighted by Gasteiger charge is -2.18. The number of furan rings is 1. The van der Waals surface area contributed by atoms with E-state index in [-0.39, 0.29) is 16.6 Å². The maximum atomic E-state index is 12.9. The van der Waals surface area contributed by atoms with E-state index in [0.29, 0.717) is 11.3 Å². The molecule has 9 heteroatoms. The number of carbonyl (C=O) groups excluding carboxylic acids is 1. The van der Waals surface area contributed by atoms with Crippen molar-refractivity contribution in [3.8, 4) is 11.1 Å². The molecule has 0 aliphatic heterocycles. The topological polar surface area (TPSA) is 126 Å². The number of carbonyl (C=O) groups is 2. The number of rotatable bonds is 9. The van der Waals surface area contributed by atoms with Gasteiger partial charge in [-0.25, -0.2) is 8.42 Å². The average Bonchev–Trinajstić information content (AvgIpc) is 3.24. The van der Waals surface area contributed by atoms with Crippen LogP contribution in [-0.4, -0.2) is 31.4 Å². The maximum Gasteiger partial charge on any atom is 0.322 e. The Morgan fingerprint density at radius 2 is 1.58 bits per heavy atom. The van der Waals surface area contributed by atoms with Crippen molar-refractivity contribution in [2.75, 3.05) is 5.32 Å². The molecule has 4 aromatic rings. The Balaban J connectivity index is 1.49. The number of hydrogen-bond acceptors (Lipinski definition) is 5. The molecule has 3 aromatic carbocycles. The predicted molar refractivity (Wildman–Crippen MR) is 147 cm³/mol. The Morgan fingerprint density at radius 3 is 2.13 bits per heavy atom. The molecule has 3 N–H and O–H groups in total. The zero-order chi connectivity index (χ0) is 27.6. The second-order valence-corrected chi connectivity index (χ2v) is 10.9.